The number of hydrogen-bond donors (Lipinski definition) is 3. The average Bonchev–Trinajstić information content (AvgIpc) is 3.45. The summed E-state index contributed by atoms with van der Waals surface area (Å²) in [5.41, 5.74) is 2.93. The van der Waals surface area contributed by atoms with Gasteiger partial charge in [-0.2, -0.15) is 0 Å². The van der Waals surface area contributed by atoms with Crippen LogP contribution in [0.15, 0.2) is 52.6 Å². The molecule has 5 nitrogen and oxygen atoms in total. The number of hydrogen-bond acceptors (Lipinski definition) is 5. The van der Waals surface area contributed by atoms with Crippen LogP contribution in [0.5, 0.6) is 0 Å². The summed E-state index contributed by atoms with van der Waals surface area (Å²) >= 11 is 0. The van der Waals surface area contributed by atoms with E-state index in [2.05, 4.69) is 57.5 Å². The summed E-state index contributed by atoms with van der Waals surface area (Å²) in [7, 11) is 0. The van der Waals surface area contributed by atoms with E-state index in [1.807, 2.05) is 6.08 Å². The third-order valence-electron chi connectivity index (χ3n) is 10.3. The van der Waals surface area contributed by atoms with Gasteiger partial charge in [0.1, 0.15) is 5.60 Å². The Morgan fingerprint density at radius 1 is 1.08 bits per heavy atom. The lowest BCUT2D eigenvalue weighted by Crippen LogP contribution is -2.36. The lowest BCUT2D eigenvalue weighted by molar-refractivity contribution is 0.0862. The Morgan fingerprint density at radius 2 is 1.84 bits per heavy atom. The van der Waals surface area contributed by atoms with Crippen molar-refractivity contribution in [3.05, 3.63) is 47.6 Å². The topological polar surface area (TPSA) is 82.3 Å². The standard InChI is InChI=1S/C32H47NO4/c1-20(8-13-28(36)32(15-16-32)29-33-19-30(3,4)37-29)25-11-12-26-22(7-6-14-31(25,26)5)9-10-23-17-24(34)18-27(35)21(23)2/h8-10,13,20,24-28,34-36H,2,6-7,11-12,14-19H2,1,3-5H3/b13-8+,22-9+,23-10-/t20-,24-,25-,26+,27+,28+,31-/m1/s1. The molecule has 4 aliphatic carbocycles. The first-order valence-electron chi connectivity index (χ1n) is 14.5. The van der Waals surface area contributed by atoms with E-state index in [1.165, 1.54) is 31.3 Å². The van der Waals surface area contributed by atoms with Crippen LogP contribution in [-0.2, 0) is 4.74 Å². The average molecular weight is 510 g/mol. The number of nitrogens with zero attached hydrogens (tertiary/aromatic N) is 1. The van der Waals surface area contributed by atoms with Crippen LogP contribution in [0.3, 0.4) is 0 Å². The van der Waals surface area contributed by atoms with Gasteiger partial charge in [-0.15, -0.1) is 0 Å². The van der Waals surface area contributed by atoms with E-state index in [-0.39, 0.29) is 16.4 Å². The first kappa shape index (κ1) is 26.9. The molecule has 1 heterocycles. The molecule has 1 aliphatic heterocycles. The number of allylic oxidation sites excluding steroid dienone is 4. The minimum atomic E-state index is -0.641. The Kier molecular flexibility index (Phi) is 7.13. The molecule has 0 bridgehead atoms. The first-order chi connectivity index (χ1) is 17.4. The van der Waals surface area contributed by atoms with Gasteiger partial charge < -0.3 is 20.1 Å². The molecular weight excluding hydrogens is 462 g/mol. The Bertz CT molecular complexity index is 1030. The van der Waals surface area contributed by atoms with Crippen molar-refractivity contribution in [1.29, 1.82) is 0 Å². The fraction of sp³-hybridized carbons (Fsp3) is 0.719. The summed E-state index contributed by atoms with van der Waals surface area (Å²) in [5, 5.41) is 31.5. The minimum absolute atomic E-state index is 0.250. The highest BCUT2D eigenvalue weighted by Gasteiger charge is 2.57. The molecule has 3 N–H and O–H groups in total. The van der Waals surface area contributed by atoms with Gasteiger partial charge in [-0.1, -0.05) is 50.3 Å². The van der Waals surface area contributed by atoms with E-state index in [0.29, 0.717) is 37.1 Å². The monoisotopic (exact) mass is 509 g/mol. The Morgan fingerprint density at radius 3 is 2.51 bits per heavy atom. The van der Waals surface area contributed by atoms with Crippen LogP contribution < -0.4 is 0 Å². The Hall–Kier alpha value is -1.69. The third-order valence-corrected chi connectivity index (χ3v) is 10.3. The second-order valence-corrected chi connectivity index (χ2v) is 13.5. The normalized spacial score (nSPS) is 40.5. The summed E-state index contributed by atoms with van der Waals surface area (Å²) in [6.07, 6.45) is 15.8. The molecular formula is C32H47NO4. The summed E-state index contributed by atoms with van der Waals surface area (Å²) in [4.78, 5) is 4.64. The summed E-state index contributed by atoms with van der Waals surface area (Å²) < 4.78 is 6.10. The summed E-state index contributed by atoms with van der Waals surface area (Å²) in [6, 6.07) is 0. The zero-order valence-corrected chi connectivity index (χ0v) is 23.2. The third kappa shape index (κ3) is 5.04. The van der Waals surface area contributed by atoms with Crippen LogP contribution in [0.1, 0.15) is 85.5 Å². The first-order valence-corrected chi connectivity index (χ1v) is 14.5. The van der Waals surface area contributed by atoms with E-state index in [4.69, 9.17) is 4.74 Å². The van der Waals surface area contributed by atoms with Gasteiger partial charge in [-0.3, -0.25) is 4.99 Å². The highest BCUT2D eigenvalue weighted by atomic mass is 16.5. The molecule has 0 saturated heterocycles. The number of aliphatic hydroxyl groups is 3. The van der Waals surface area contributed by atoms with Crippen molar-refractivity contribution in [1.82, 2.24) is 0 Å². The van der Waals surface area contributed by atoms with E-state index >= 15 is 0 Å². The van der Waals surface area contributed by atoms with Crippen LogP contribution in [-0.4, -0.2) is 51.7 Å². The molecule has 0 spiro atoms. The minimum Gasteiger partial charge on any atom is -0.473 e. The maximum atomic E-state index is 11.1. The lowest BCUT2D eigenvalue weighted by atomic mass is 9.61. The smallest absolute Gasteiger partial charge is 0.193 e. The van der Waals surface area contributed by atoms with Gasteiger partial charge in [-0.05, 0) is 99.5 Å². The molecule has 5 heteroatoms. The predicted octanol–water partition coefficient (Wildman–Crippen LogP) is 5.67. The molecule has 0 amide bonds. The van der Waals surface area contributed by atoms with Crippen molar-refractivity contribution in [2.24, 2.45) is 33.6 Å². The predicted molar refractivity (Wildman–Crippen MR) is 148 cm³/mol. The fourth-order valence-electron chi connectivity index (χ4n) is 7.83. The maximum absolute atomic E-state index is 11.1. The molecule has 4 fully saturated rings. The van der Waals surface area contributed by atoms with E-state index < -0.39 is 18.3 Å². The van der Waals surface area contributed by atoms with Gasteiger partial charge >= 0.3 is 0 Å². The molecule has 0 unspecified atom stereocenters. The second-order valence-electron chi connectivity index (χ2n) is 13.5. The van der Waals surface area contributed by atoms with Crippen LogP contribution >= 0.6 is 0 Å². The molecule has 5 rings (SSSR count). The molecule has 37 heavy (non-hydrogen) atoms. The van der Waals surface area contributed by atoms with Crippen LogP contribution in [0, 0.1) is 28.6 Å². The highest BCUT2D eigenvalue weighted by molar-refractivity contribution is 5.88. The van der Waals surface area contributed by atoms with Gasteiger partial charge in [-0.25, -0.2) is 0 Å². The van der Waals surface area contributed by atoms with Crippen molar-refractivity contribution in [3.8, 4) is 0 Å². The lowest BCUT2D eigenvalue weighted by Gasteiger charge is -2.44. The van der Waals surface area contributed by atoms with E-state index in [1.54, 1.807) is 0 Å². The van der Waals surface area contributed by atoms with E-state index in [9.17, 15) is 15.3 Å². The molecule has 0 aromatic heterocycles. The van der Waals surface area contributed by atoms with Crippen molar-refractivity contribution in [2.45, 2.75) is 109 Å². The molecule has 5 aliphatic rings. The summed E-state index contributed by atoms with van der Waals surface area (Å²) in [6.45, 7) is 13.7. The van der Waals surface area contributed by atoms with Gasteiger partial charge in [0.25, 0.3) is 0 Å². The van der Waals surface area contributed by atoms with Gasteiger partial charge in [0.15, 0.2) is 5.90 Å². The molecule has 204 valence electrons. The number of aliphatic imine (C=N–C) groups is 1. The van der Waals surface area contributed by atoms with Crippen molar-refractivity contribution in [3.63, 3.8) is 0 Å². The number of ether oxygens (including phenoxy) is 1. The highest BCUT2D eigenvalue weighted by Crippen LogP contribution is 2.60. The Balaban J connectivity index is 1.27. The number of rotatable bonds is 6. The largest absolute Gasteiger partial charge is 0.473 e. The van der Waals surface area contributed by atoms with Crippen LogP contribution in [0.4, 0.5) is 0 Å². The SMILES string of the molecule is C=C1/C(=C\C=C2/CCC[C@]3(C)[C@@H]([C@H](C)/C=C/[C@H](O)C4(C5=NCC(C)(C)O5)CC4)CC[C@@H]23)C[C@@H](O)C[C@@H]1O. The molecule has 7 atom stereocenters. The molecule has 4 saturated carbocycles. The van der Waals surface area contributed by atoms with Crippen LogP contribution in [0.25, 0.3) is 0 Å². The zero-order valence-electron chi connectivity index (χ0n) is 23.2. The molecule has 0 aromatic rings. The fourth-order valence-corrected chi connectivity index (χ4v) is 7.83. The van der Waals surface area contributed by atoms with Gasteiger partial charge in [0, 0.05) is 6.42 Å². The molecule has 0 aromatic carbocycles. The van der Waals surface area contributed by atoms with E-state index in [0.717, 1.165) is 36.3 Å². The zero-order chi connectivity index (χ0) is 26.6. The van der Waals surface area contributed by atoms with Crippen LogP contribution in [0.2, 0.25) is 0 Å². The Labute approximate surface area is 223 Å². The van der Waals surface area contributed by atoms with Crippen molar-refractivity contribution < 1.29 is 20.1 Å². The van der Waals surface area contributed by atoms with Gasteiger partial charge in [0.2, 0.25) is 0 Å². The summed E-state index contributed by atoms with van der Waals surface area (Å²) in [5.74, 6) is 2.30. The number of aliphatic hydroxyl groups excluding tert-OH is 3. The quantitative estimate of drug-likeness (QED) is 0.403. The molecule has 0 radical (unpaired) electrons. The second kappa shape index (κ2) is 9.81. The van der Waals surface area contributed by atoms with Gasteiger partial charge in [0.05, 0.1) is 30.3 Å². The van der Waals surface area contributed by atoms with Crippen molar-refractivity contribution >= 4 is 5.90 Å². The number of fused-ring (bicyclic) bond motifs is 1. The maximum Gasteiger partial charge on any atom is 0.193 e. The van der Waals surface area contributed by atoms with Crippen molar-refractivity contribution in [2.75, 3.05) is 6.54 Å².